The highest BCUT2D eigenvalue weighted by Crippen LogP contribution is 2.28. The molecule has 0 spiro atoms. The molecule has 0 radical (unpaired) electrons. The van der Waals surface area contributed by atoms with Crippen LogP contribution < -0.4 is 10.6 Å². The van der Waals surface area contributed by atoms with E-state index in [9.17, 15) is 14.7 Å². The summed E-state index contributed by atoms with van der Waals surface area (Å²) in [5, 5.41) is 14.7. The number of carbonyl (C=O) groups excluding carboxylic acids is 1. The lowest BCUT2D eigenvalue weighted by molar-refractivity contribution is -0.141. The van der Waals surface area contributed by atoms with Crippen molar-refractivity contribution in [1.82, 2.24) is 10.6 Å². The van der Waals surface area contributed by atoms with Crippen molar-refractivity contribution in [1.29, 1.82) is 0 Å². The number of rotatable bonds is 3. The molecule has 1 aliphatic carbocycles. The van der Waals surface area contributed by atoms with Crippen LogP contribution in [-0.4, -0.2) is 29.2 Å². The van der Waals surface area contributed by atoms with Crippen LogP contribution in [0.25, 0.3) is 0 Å². The number of carbonyl (C=O) groups is 2. The van der Waals surface area contributed by atoms with Crippen molar-refractivity contribution in [3.63, 3.8) is 0 Å². The van der Waals surface area contributed by atoms with E-state index in [1.165, 1.54) is 0 Å². The van der Waals surface area contributed by atoms with E-state index in [0.29, 0.717) is 11.8 Å². The first kappa shape index (κ1) is 16.8. The third-order valence-corrected chi connectivity index (χ3v) is 4.14. The monoisotopic (exact) mass is 284 g/mol. The molecule has 0 aromatic heterocycles. The second-order valence-corrected chi connectivity index (χ2v) is 7.26. The third-order valence-electron chi connectivity index (χ3n) is 4.14. The third kappa shape index (κ3) is 4.69. The van der Waals surface area contributed by atoms with Crippen LogP contribution in [0, 0.1) is 17.3 Å². The SMILES string of the molecule is CC1CCC(NC(=O)NC(C(=O)O)C(C)(C)C)C(C)C1. The summed E-state index contributed by atoms with van der Waals surface area (Å²) in [5.74, 6) is 0.132. The van der Waals surface area contributed by atoms with Gasteiger partial charge in [0, 0.05) is 6.04 Å². The van der Waals surface area contributed by atoms with Crippen LogP contribution in [0.1, 0.15) is 53.9 Å². The molecule has 3 N–H and O–H groups in total. The molecule has 0 saturated heterocycles. The van der Waals surface area contributed by atoms with Crippen molar-refractivity contribution in [2.24, 2.45) is 17.3 Å². The maximum absolute atomic E-state index is 12.0. The van der Waals surface area contributed by atoms with Gasteiger partial charge in [0.25, 0.3) is 0 Å². The first-order chi connectivity index (χ1) is 9.11. The summed E-state index contributed by atoms with van der Waals surface area (Å²) in [4.78, 5) is 23.3. The Kier molecular flexibility index (Phi) is 5.42. The van der Waals surface area contributed by atoms with Crippen LogP contribution in [0.2, 0.25) is 0 Å². The molecule has 0 aromatic rings. The van der Waals surface area contributed by atoms with Gasteiger partial charge in [-0.05, 0) is 36.5 Å². The van der Waals surface area contributed by atoms with Gasteiger partial charge in [0.05, 0.1) is 0 Å². The van der Waals surface area contributed by atoms with E-state index in [2.05, 4.69) is 24.5 Å². The van der Waals surface area contributed by atoms with Crippen molar-refractivity contribution in [3.8, 4) is 0 Å². The fourth-order valence-corrected chi connectivity index (χ4v) is 2.87. The molecular formula is C15H28N2O3. The quantitative estimate of drug-likeness (QED) is 0.745. The van der Waals surface area contributed by atoms with Gasteiger partial charge in [0.2, 0.25) is 0 Å². The minimum absolute atomic E-state index is 0.139. The van der Waals surface area contributed by atoms with Gasteiger partial charge >= 0.3 is 12.0 Å². The number of hydrogen-bond acceptors (Lipinski definition) is 2. The molecule has 1 saturated carbocycles. The molecule has 5 heteroatoms. The van der Waals surface area contributed by atoms with E-state index in [0.717, 1.165) is 19.3 Å². The van der Waals surface area contributed by atoms with Crippen molar-refractivity contribution in [2.45, 2.75) is 66.0 Å². The molecule has 5 nitrogen and oxygen atoms in total. The maximum Gasteiger partial charge on any atom is 0.326 e. The van der Waals surface area contributed by atoms with E-state index in [-0.39, 0.29) is 12.1 Å². The highest BCUT2D eigenvalue weighted by molar-refractivity contribution is 5.83. The van der Waals surface area contributed by atoms with Gasteiger partial charge in [0.15, 0.2) is 0 Å². The average molecular weight is 284 g/mol. The number of aliphatic carboxylic acids is 1. The lowest BCUT2D eigenvalue weighted by Crippen LogP contribution is -2.55. The minimum atomic E-state index is -1.00. The van der Waals surface area contributed by atoms with Crippen LogP contribution in [-0.2, 0) is 4.79 Å². The Labute approximate surface area is 121 Å². The second-order valence-electron chi connectivity index (χ2n) is 7.26. The molecule has 0 heterocycles. The average Bonchev–Trinajstić information content (AvgIpc) is 2.28. The Balaban J connectivity index is 2.56. The van der Waals surface area contributed by atoms with Crippen LogP contribution in [0.15, 0.2) is 0 Å². The molecule has 4 atom stereocenters. The number of nitrogens with one attached hydrogen (secondary N) is 2. The van der Waals surface area contributed by atoms with E-state index in [4.69, 9.17) is 0 Å². The summed E-state index contributed by atoms with van der Waals surface area (Å²) >= 11 is 0. The maximum atomic E-state index is 12.0. The fraction of sp³-hybridized carbons (Fsp3) is 0.867. The summed E-state index contributed by atoms with van der Waals surface area (Å²) < 4.78 is 0. The van der Waals surface area contributed by atoms with E-state index in [1.54, 1.807) is 20.8 Å². The minimum Gasteiger partial charge on any atom is -0.480 e. The van der Waals surface area contributed by atoms with Gasteiger partial charge in [-0.15, -0.1) is 0 Å². The Hall–Kier alpha value is -1.26. The molecule has 116 valence electrons. The number of urea groups is 1. The molecule has 4 unspecified atom stereocenters. The van der Waals surface area contributed by atoms with Crippen molar-refractivity contribution in [2.75, 3.05) is 0 Å². The van der Waals surface area contributed by atoms with E-state index >= 15 is 0 Å². The van der Waals surface area contributed by atoms with Crippen molar-refractivity contribution in [3.05, 3.63) is 0 Å². The summed E-state index contributed by atoms with van der Waals surface area (Å²) in [6.45, 7) is 9.77. The molecule has 20 heavy (non-hydrogen) atoms. The van der Waals surface area contributed by atoms with Gasteiger partial charge < -0.3 is 15.7 Å². The molecule has 2 amide bonds. The summed E-state index contributed by atoms with van der Waals surface area (Å²) in [6, 6.07) is -1.13. The van der Waals surface area contributed by atoms with Gasteiger partial charge in [-0.2, -0.15) is 0 Å². The Morgan fingerprint density at radius 1 is 1.20 bits per heavy atom. The smallest absolute Gasteiger partial charge is 0.326 e. The largest absolute Gasteiger partial charge is 0.480 e. The highest BCUT2D eigenvalue weighted by Gasteiger charge is 2.34. The first-order valence-electron chi connectivity index (χ1n) is 7.41. The van der Waals surface area contributed by atoms with Crippen LogP contribution in [0.4, 0.5) is 4.79 Å². The zero-order chi connectivity index (χ0) is 15.5. The molecule has 1 rings (SSSR count). The molecule has 0 aliphatic heterocycles. The Morgan fingerprint density at radius 2 is 1.80 bits per heavy atom. The Morgan fingerprint density at radius 3 is 2.25 bits per heavy atom. The molecule has 0 aromatic carbocycles. The predicted octanol–water partition coefficient (Wildman–Crippen LogP) is 2.61. The number of carboxylic acid groups (broad SMARTS) is 1. The highest BCUT2D eigenvalue weighted by atomic mass is 16.4. The van der Waals surface area contributed by atoms with Crippen LogP contribution in [0.5, 0.6) is 0 Å². The molecule has 0 bridgehead atoms. The van der Waals surface area contributed by atoms with Gasteiger partial charge in [0.1, 0.15) is 6.04 Å². The van der Waals surface area contributed by atoms with Crippen LogP contribution in [0.3, 0.4) is 0 Å². The Bertz CT molecular complexity index is 363. The zero-order valence-corrected chi connectivity index (χ0v) is 13.2. The summed E-state index contributed by atoms with van der Waals surface area (Å²) in [7, 11) is 0. The topological polar surface area (TPSA) is 78.4 Å². The zero-order valence-electron chi connectivity index (χ0n) is 13.2. The normalized spacial score (nSPS) is 28.6. The van der Waals surface area contributed by atoms with Gasteiger partial charge in [-0.1, -0.05) is 34.6 Å². The van der Waals surface area contributed by atoms with Crippen molar-refractivity contribution < 1.29 is 14.7 Å². The lowest BCUT2D eigenvalue weighted by atomic mass is 9.80. The van der Waals surface area contributed by atoms with Crippen LogP contribution >= 0.6 is 0 Å². The van der Waals surface area contributed by atoms with Gasteiger partial charge in [-0.25, -0.2) is 9.59 Å². The van der Waals surface area contributed by atoms with E-state index < -0.39 is 17.4 Å². The van der Waals surface area contributed by atoms with E-state index in [1.807, 2.05) is 0 Å². The standard InChI is InChI=1S/C15H28N2O3/c1-9-6-7-11(10(2)8-9)16-14(20)17-12(13(18)19)15(3,4)5/h9-12H,6-8H2,1-5H3,(H,18,19)(H2,16,17,20). The number of carboxylic acids is 1. The molecule has 1 fully saturated rings. The fourth-order valence-electron chi connectivity index (χ4n) is 2.87. The lowest BCUT2D eigenvalue weighted by Gasteiger charge is -2.34. The molecule has 1 aliphatic rings. The summed E-state index contributed by atoms with van der Waals surface area (Å²) in [5.41, 5.74) is -0.518. The molecular weight excluding hydrogens is 256 g/mol. The van der Waals surface area contributed by atoms with Gasteiger partial charge in [-0.3, -0.25) is 0 Å². The number of hydrogen-bond donors (Lipinski definition) is 3. The number of amides is 2. The summed E-state index contributed by atoms with van der Waals surface area (Å²) in [6.07, 6.45) is 3.17. The van der Waals surface area contributed by atoms with Crippen molar-refractivity contribution >= 4 is 12.0 Å². The second kappa shape index (κ2) is 6.46. The predicted molar refractivity (Wildman–Crippen MR) is 78.5 cm³/mol. The first-order valence-corrected chi connectivity index (χ1v) is 7.41.